The molecule has 0 amide bonds. The first kappa shape index (κ1) is 8.49. The Morgan fingerprint density at radius 3 is 3.00 bits per heavy atom. The molecule has 0 aromatic carbocycles. The van der Waals surface area contributed by atoms with Gasteiger partial charge in [0.2, 0.25) is 0 Å². The quantitative estimate of drug-likeness (QED) is 0.491. The fourth-order valence-corrected chi connectivity index (χ4v) is 4.22. The molecule has 0 spiro atoms. The molecule has 12 heavy (non-hydrogen) atoms. The summed E-state index contributed by atoms with van der Waals surface area (Å²) in [6, 6.07) is 0. The Hall–Kier alpha value is -0.110. The van der Waals surface area contributed by atoms with E-state index in [4.69, 9.17) is 4.74 Å². The van der Waals surface area contributed by atoms with E-state index in [9.17, 15) is 0 Å². The van der Waals surface area contributed by atoms with Crippen molar-refractivity contribution in [3.8, 4) is 0 Å². The average Bonchev–Trinajstić information content (AvgIpc) is 2.65. The van der Waals surface area contributed by atoms with Crippen molar-refractivity contribution in [2.45, 2.75) is 36.2 Å². The monoisotopic (exact) mass is 184 g/mol. The van der Waals surface area contributed by atoms with Gasteiger partial charge >= 0.3 is 0 Å². The van der Waals surface area contributed by atoms with Gasteiger partial charge in [-0.05, 0) is 31.6 Å². The van der Waals surface area contributed by atoms with E-state index in [-0.39, 0.29) is 0 Å². The zero-order chi connectivity index (χ0) is 8.39. The second-order valence-electron chi connectivity index (χ2n) is 3.70. The van der Waals surface area contributed by atoms with E-state index in [0.717, 1.165) is 23.0 Å². The maximum absolute atomic E-state index is 5.16. The summed E-state index contributed by atoms with van der Waals surface area (Å²) in [6.45, 7) is 4.42. The van der Waals surface area contributed by atoms with Crippen LogP contribution in [0.4, 0.5) is 0 Å². The maximum atomic E-state index is 5.16. The molecule has 0 N–H and O–H groups in total. The molecule has 0 aromatic heterocycles. The normalized spacial score (nSPS) is 38.5. The van der Waals surface area contributed by atoms with Crippen LogP contribution in [0.3, 0.4) is 0 Å². The minimum atomic E-state index is 0.873. The van der Waals surface area contributed by atoms with Crippen LogP contribution in [0.15, 0.2) is 12.8 Å². The standard InChI is InChI=1S/C10H16OS/c1-2-11-6-5-8-7-9-3-4-10(8)12-9/h2,8-10H,1,3-7H2. The van der Waals surface area contributed by atoms with Crippen LogP contribution in [-0.4, -0.2) is 17.1 Å². The molecule has 68 valence electrons. The molecular weight excluding hydrogens is 168 g/mol. The van der Waals surface area contributed by atoms with Crippen molar-refractivity contribution in [2.24, 2.45) is 5.92 Å². The number of thioether (sulfide) groups is 1. The lowest BCUT2D eigenvalue weighted by atomic mass is 9.87. The molecule has 3 atom stereocenters. The van der Waals surface area contributed by atoms with Gasteiger partial charge in [-0.1, -0.05) is 6.58 Å². The Balaban J connectivity index is 1.72. The van der Waals surface area contributed by atoms with Gasteiger partial charge < -0.3 is 4.74 Å². The Labute approximate surface area is 78.6 Å². The van der Waals surface area contributed by atoms with Gasteiger partial charge in [0.05, 0.1) is 12.9 Å². The fraction of sp³-hybridized carbons (Fsp3) is 0.800. The first-order chi connectivity index (χ1) is 5.90. The van der Waals surface area contributed by atoms with Gasteiger partial charge in [0.15, 0.2) is 0 Å². The average molecular weight is 184 g/mol. The molecule has 0 aromatic rings. The highest BCUT2D eigenvalue weighted by Gasteiger charge is 2.39. The third kappa shape index (κ3) is 1.63. The molecule has 3 unspecified atom stereocenters. The Bertz CT molecular complexity index is 169. The number of hydrogen-bond acceptors (Lipinski definition) is 2. The Morgan fingerprint density at radius 2 is 2.42 bits per heavy atom. The summed E-state index contributed by atoms with van der Waals surface area (Å²) in [5.74, 6) is 0.939. The second-order valence-corrected chi connectivity index (χ2v) is 5.24. The van der Waals surface area contributed by atoms with E-state index < -0.39 is 0 Å². The van der Waals surface area contributed by atoms with Crippen LogP contribution in [-0.2, 0) is 4.74 Å². The molecule has 2 aliphatic heterocycles. The summed E-state index contributed by atoms with van der Waals surface area (Å²) < 4.78 is 5.16. The first-order valence-electron chi connectivity index (χ1n) is 4.78. The van der Waals surface area contributed by atoms with Crippen molar-refractivity contribution < 1.29 is 4.74 Å². The van der Waals surface area contributed by atoms with E-state index in [1.807, 2.05) is 0 Å². The number of ether oxygens (including phenoxy) is 1. The molecule has 2 heterocycles. The highest BCUT2D eigenvalue weighted by atomic mass is 32.2. The van der Waals surface area contributed by atoms with Crippen molar-refractivity contribution in [3.05, 3.63) is 12.8 Å². The number of hydrogen-bond donors (Lipinski definition) is 0. The van der Waals surface area contributed by atoms with Crippen molar-refractivity contribution in [3.63, 3.8) is 0 Å². The van der Waals surface area contributed by atoms with Crippen LogP contribution >= 0.6 is 11.8 Å². The van der Waals surface area contributed by atoms with Gasteiger partial charge in [-0.2, -0.15) is 11.8 Å². The highest BCUT2D eigenvalue weighted by Crippen LogP contribution is 2.50. The lowest BCUT2D eigenvalue weighted by Crippen LogP contribution is -2.16. The predicted molar refractivity (Wildman–Crippen MR) is 53.3 cm³/mol. The van der Waals surface area contributed by atoms with Crippen LogP contribution in [0.2, 0.25) is 0 Å². The molecule has 2 heteroatoms. The molecular formula is C10H16OS. The highest BCUT2D eigenvalue weighted by molar-refractivity contribution is 8.01. The van der Waals surface area contributed by atoms with Crippen LogP contribution in [0, 0.1) is 5.92 Å². The van der Waals surface area contributed by atoms with Gasteiger partial charge in [0, 0.05) is 10.5 Å². The van der Waals surface area contributed by atoms with Crippen molar-refractivity contribution in [2.75, 3.05) is 6.61 Å². The number of rotatable bonds is 4. The molecule has 0 radical (unpaired) electrons. The SMILES string of the molecule is C=COCCC1CC2CCC1S2. The van der Waals surface area contributed by atoms with E-state index in [2.05, 4.69) is 18.3 Å². The molecule has 2 aliphatic rings. The Kier molecular flexibility index (Phi) is 2.64. The summed E-state index contributed by atoms with van der Waals surface area (Å²) in [6.07, 6.45) is 7.15. The van der Waals surface area contributed by atoms with E-state index >= 15 is 0 Å². The molecule has 2 fully saturated rings. The van der Waals surface area contributed by atoms with Crippen LogP contribution in [0.5, 0.6) is 0 Å². The van der Waals surface area contributed by atoms with Crippen molar-refractivity contribution in [1.29, 1.82) is 0 Å². The van der Waals surface area contributed by atoms with Gasteiger partial charge in [-0.25, -0.2) is 0 Å². The minimum Gasteiger partial charge on any atom is -0.502 e. The van der Waals surface area contributed by atoms with Crippen LogP contribution < -0.4 is 0 Å². The largest absolute Gasteiger partial charge is 0.502 e. The zero-order valence-corrected chi connectivity index (χ0v) is 8.19. The third-order valence-corrected chi connectivity index (χ3v) is 4.74. The van der Waals surface area contributed by atoms with Crippen LogP contribution in [0.25, 0.3) is 0 Å². The van der Waals surface area contributed by atoms with E-state index in [0.29, 0.717) is 0 Å². The van der Waals surface area contributed by atoms with E-state index in [1.165, 1.54) is 25.7 Å². The smallest absolute Gasteiger partial charge is 0.0876 e. The summed E-state index contributed by atoms with van der Waals surface area (Å²) in [4.78, 5) is 0. The summed E-state index contributed by atoms with van der Waals surface area (Å²) >= 11 is 2.22. The summed E-state index contributed by atoms with van der Waals surface area (Å²) in [5, 5.41) is 1.95. The van der Waals surface area contributed by atoms with Crippen molar-refractivity contribution in [1.82, 2.24) is 0 Å². The minimum absolute atomic E-state index is 0.873. The third-order valence-electron chi connectivity index (χ3n) is 2.96. The first-order valence-corrected chi connectivity index (χ1v) is 5.72. The lowest BCUT2D eigenvalue weighted by molar-refractivity contribution is 0.213. The molecule has 2 saturated heterocycles. The number of fused-ring (bicyclic) bond motifs is 2. The Morgan fingerprint density at radius 1 is 1.50 bits per heavy atom. The lowest BCUT2D eigenvalue weighted by Gasteiger charge is -2.19. The van der Waals surface area contributed by atoms with Gasteiger partial charge in [-0.3, -0.25) is 0 Å². The molecule has 2 bridgehead atoms. The predicted octanol–water partition coefficient (Wildman–Crippen LogP) is 2.82. The molecule has 1 nitrogen and oxygen atoms in total. The maximum Gasteiger partial charge on any atom is 0.0876 e. The van der Waals surface area contributed by atoms with Gasteiger partial charge in [-0.15, -0.1) is 0 Å². The summed E-state index contributed by atoms with van der Waals surface area (Å²) in [7, 11) is 0. The van der Waals surface area contributed by atoms with Crippen LogP contribution in [0.1, 0.15) is 25.7 Å². The molecule has 2 rings (SSSR count). The van der Waals surface area contributed by atoms with Gasteiger partial charge in [0.25, 0.3) is 0 Å². The van der Waals surface area contributed by atoms with E-state index in [1.54, 1.807) is 6.26 Å². The summed E-state index contributed by atoms with van der Waals surface area (Å²) in [5.41, 5.74) is 0. The molecule has 0 aliphatic carbocycles. The zero-order valence-electron chi connectivity index (χ0n) is 7.37. The fourth-order valence-electron chi connectivity index (χ4n) is 2.35. The van der Waals surface area contributed by atoms with Gasteiger partial charge in [0.1, 0.15) is 0 Å². The van der Waals surface area contributed by atoms with Crippen molar-refractivity contribution >= 4 is 11.8 Å². The topological polar surface area (TPSA) is 9.23 Å². The second kappa shape index (κ2) is 3.73. The molecule has 0 saturated carbocycles.